The molecule has 0 atom stereocenters. The average Bonchev–Trinajstić information content (AvgIpc) is 3.02. The molecule has 1 saturated carbocycles. The van der Waals surface area contributed by atoms with Crippen LogP contribution in [0.2, 0.25) is 0 Å². The highest BCUT2D eigenvalue weighted by Gasteiger charge is 2.14. The first-order valence-electron chi connectivity index (χ1n) is 10.0. The van der Waals surface area contributed by atoms with Crippen LogP contribution in [-0.2, 0) is 4.74 Å². The number of rotatable bonds is 8. The molecule has 2 aromatic rings. The molecule has 0 bridgehead atoms. The standard InChI is InChI=1S/C24H29FO3/c1-26-18-28-23-14-10-21(11-15-23)24(19-6-4-2-3-5-7-19)20-8-12-22(13-9-20)27-17-16-25/h8-15H,2-7,16-18H2,1H3. The third-order valence-corrected chi connectivity index (χ3v) is 5.04. The number of methoxy groups -OCH3 is 1. The second-order valence-electron chi connectivity index (χ2n) is 7.03. The minimum atomic E-state index is -0.478. The second kappa shape index (κ2) is 10.9. The van der Waals surface area contributed by atoms with Crippen LogP contribution in [0.5, 0.6) is 11.5 Å². The van der Waals surface area contributed by atoms with Crippen LogP contribution in [0.1, 0.15) is 49.7 Å². The molecule has 0 radical (unpaired) electrons. The van der Waals surface area contributed by atoms with Gasteiger partial charge in [0.2, 0.25) is 0 Å². The lowest BCUT2D eigenvalue weighted by Gasteiger charge is -2.16. The van der Waals surface area contributed by atoms with E-state index in [2.05, 4.69) is 24.3 Å². The minimum Gasteiger partial charge on any atom is -0.491 e. The van der Waals surface area contributed by atoms with E-state index >= 15 is 0 Å². The molecule has 0 unspecified atom stereocenters. The highest BCUT2D eigenvalue weighted by atomic mass is 19.1. The number of halogens is 1. The summed E-state index contributed by atoms with van der Waals surface area (Å²) in [5.74, 6) is 1.50. The fraction of sp³-hybridized carbons (Fsp3) is 0.417. The lowest BCUT2D eigenvalue weighted by Crippen LogP contribution is -2.00. The molecule has 28 heavy (non-hydrogen) atoms. The first kappa shape index (κ1) is 20.4. The number of allylic oxidation sites excluding steroid dienone is 1. The quantitative estimate of drug-likeness (QED) is 0.402. The maximum atomic E-state index is 12.3. The van der Waals surface area contributed by atoms with Crippen LogP contribution in [0.15, 0.2) is 54.1 Å². The van der Waals surface area contributed by atoms with E-state index in [1.54, 1.807) is 7.11 Å². The molecule has 0 aromatic heterocycles. The van der Waals surface area contributed by atoms with Gasteiger partial charge in [-0.05, 0) is 66.6 Å². The Hall–Kier alpha value is -2.33. The van der Waals surface area contributed by atoms with Gasteiger partial charge in [-0.25, -0.2) is 4.39 Å². The van der Waals surface area contributed by atoms with Gasteiger partial charge in [0.1, 0.15) is 24.8 Å². The molecule has 1 aliphatic carbocycles. The Labute approximate surface area is 167 Å². The van der Waals surface area contributed by atoms with E-state index in [0.717, 1.165) is 18.6 Å². The first-order chi connectivity index (χ1) is 13.8. The molecule has 0 heterocycles. The summed E-state index contributed by atoms with van der Waals surface area (Å²) in [6.45, 7) is -0.140. The van der Waals surface area contributed by atoms with Crippen molar-refractivity contribution in [1.29, 1.82) is 0 Å². The van der Waals surface area contributed by atoms with Crippen LogP contribution >= 0.6 is 0 Å². The van der Waals surface area contributed by atoms with Crippen molar-refractivity contribution in [1.82, 2.24) is 0 Å². The number of benzene rings is 2. The van der Waals surface area contributed by atoms with Gasteiger partial charge in [0.05, 0.1) is 0 Å². The van der Waals surface area contributed by atoms with E-state index in [-0.39, 0.29) is 13.4 Å². The molecule has 0 N–H and O–H groups in total. The SMILES string of the molecule is COCOc1ccc(C(=C2CCCCCC2)c2ccc(OCCF)cc2)cc1. The van der Waals surface area contributed by atoms with E-state index < -0.39 is 6.67 Å². The molecule has 2 aromatic carbocycles. The zero-order valence-electron chi connectivity index (χ0n) is 16.6. The predicted molar refractivity (Wildman–Crippen MR) is 111 cm³/mol. The lowest BCUT2D eigenvalue weighted by atomic mass is 9.89. The number of ether oxygens (including phenoxy) is 3. The maximum absolute atomic E-state index is 12.3. The van der Waals surface area contributed by atoms with Crippen LogP contribution in [0.4, 0.5) is 4.39 Å². The van der Waals surface area contributed by atoms with E-state index in [1.165, 1.54) is 48.0 Å². The highest BCUT2D eigenvalue weighted by Crippen LogP contribution is 2.35. The zero-order valence-corrected chi connectivity index (χ0v) is 16.6. The Bertz CT molecular complexity index is 687. The van der Waals surface area contributed by atoms with Crippen LogP contribution in [0.25, 0.3) is 5.57 Å². The van der Waals surface area contributed by atoms with Crippen molar-refractivity contribution in [3.63, 3.8) is 0 Å². The molecule has 0 amide bonds. The van der Waals surface area contributed by atoms with Crippen molar-refractivity contribution < 1.29 is 18.6 Å². The van der Waals surface area contributed by atoms with Gasteiger partial charge in [-0.3, -0.25) is 0 Å². The summed E-state index contributed by atoms with van der Waals surface area (Å²) in [7, 11) is 1.61. The predicted octanol–water partition coefficient (Wildman–Crippen LogP) is 6.17. The van der Waals surface area contributed by atoms with E-state index in [0.29, 0.717) is 5.75 Å². The minimum absolute atomic E-state index is 0.0935. The van der Waals surface area contributed by atoms with Crippen molar-refractivity contribution in [3.8, 4) is 11.5 Å². The van der Waals surface area contributed by atoms with Crippen molar-refractivity contribution >= 4 is 5.57 Å². The van der Waals surface area contributed by atoms with Crippen molar-refractivity contribution in [2.24, 2.45) is 0 Å². The van der Waals surface area contributed by atoms with E-state index in [1.807, 2.05) is 24.3 Å². The van der Waals surface area contributed by atoms with Crippen LogP contribution in [0, 0.1) is 0 Å². The molecule has 3 rings (SSSR count). The third-order valence-electron chi connectivity index (χ3n) is 5.04. The lowest BCUT2D eigenvalue weighted by molar-refractivity contribution is 0.0511. The summed E-state index contributed by atoms with van der Waals surface area (Å²) < 4.78 is 28.2. The Morgan fingerprint density at radius 2 is 1.32 bits per heavy atom. The van der Waals surface area contributed by atoms with Gasteiger partial charge in [-0.1, -0.05) is 42.7 Å². The summed E-state index contributed by atoms with van der Waals surface area (Å²) in [5.41, 5.74) is 5.19. The molecule has 0 aliphatic heterocycles. The molecule has 0 saturated heterocycles. The molecule has 4 heteroatoms. The Morgan fingerprint density at radius 1 is 0.786 bits per heavy atom. The molecular weight excluding hydrogens is 355 g/mol. The molecular formula is C24H29FO3. The number of hydrogen-bond acceptors (Lipinski definition) is 3. The summed E-state index contributed by atoms with van der Waals surface area (Å²) in [6.07, 6.45) is 7.36. The normalized spacial score (nSPS) is 14.4. The topological polar surface area (TPSA) is 27.7 Å². The largest absolute Gasteiger partial charge is 0.491 e. The number of alkyl halides is 1. The molecule has 3 nitrogen and oxygen atoms in total. The van der Waals surface area contributed by atoms with Gasteiger partial charge in [0.25, 0.3) is 0 Å². The zero-order chi connectivity index (χ0) is 19.6. The fourth-order valence-electron chi connectivity index (χ4n) is 3.70. The average molecular weight is 384 g/mol. The summed E-state index contributed by atoms with van der Waals surface area (Å²) in [5, 5.41) is 0. The molecule has 1 fully saturated rings. The maximum Gasteiger partial charge on any atom is 0.188 e. The van der Waals surface area contributed by atoms with Gasteiger partial charge in [-0.2, -0.15) is 0 Å². The van der Waals surface area contributed by atoms with Gasteiger partial charge in [-0.15, -0.1) is 0 Å². The van der Waals surface area contributed by atoms with Crippen LogP contribution < -0.4 is 9.47 Å². The number of hydrogen-bond donors (Lipinski definition) is 0. The van der Waals surface area contributed by atoms with Gasteiger partial charge >= 0.3 is 0 Å². The van der Waals surface area contributed by atoms with Gasteiger partial charge in [0, 0.05) is 7.11 Å². The second-order valence-corrected chi connectivity index (χ2v) is 7.03. The smallest absolute Gasteiger partial charge is 0.188 e. The third kappa shape index (κ3) is 5.59. The Balaban J connectivity index is 1.92. The van der Waals surface area contributed by atoms with E-state index in [9.17, 15) is 4.39 Å². The highest BCUT2D eigenvalue weighted by molar-refractivity contribution is 5.82. The Morgan fingerprint density at radius 3 is 1.82 bits per heavy atom. The van der Waals surface area contributed by atoms with Crippen LogP contribution in [-0.4, -0.2) is 27.2 Å². The molecule has 0 spiro atoms. The summed E-state index contributed by atoms with van der Waals surface area (Å²) in [6, 6.07) is 16.2. The first-order valence-corrected chi connectivity index (χ1v) is 10.0. The molecule has 150 valence electrons. The summed E-state index contributed by atoms with van der Waals surface area (Å²) in [4.78, 5) is 0. The van der Waals surface area contributed by atoms with E-state index in [4.69, 9.17) is 14.2 Å². The monoisotopic (exact) mass is 384 g/mol. The van der Waals surface area contributed by atoms with Gasteiger partial charge in [0.15, 0.2) is 6.79 Å². The van der Waals surface area contributed by atoms with Crippen molar-refractivity contribution in [2.75, 3.05) is 27.2 Å². The van der Waals surface area contributed by atoms with Crippen molar-refractivity contribution in [2.45, 2.75) is 38.5 Å². The fourth-order valence-corrected chi connectivity index (χ4v) is 3.70. The van der Waals surface area contributed by atoms with Crippen molar-refractivity contribution in [3.05, 3.63) is 65.2 Å². The van der Waals surface area contributed by atoms with Crippen LogP contribution in [0.3, 0.4) is 0 Å². The molecule has 1 aliphatic rings. The van der Waals surface area contributed by atoms with Gasteiger partial charge < -0.3 is 14.2 Å². The summed E-state index contributed by atoms with van der Waals surface area (Å²) >= 11 is 0. The Kier molecular flexibility index (Phi) is 7.92.